The van der Waals surface area contributed by atoms with Gasteiger partial charge in [0.2, 0.25) is 11.8 Å². The van der Waals surface area contributed by atoms with Gasteiger partial charge in [-0.2, -0.15) is 18.3 Å². The summed E-state index contributed by atoms with van der Waals surface area (Å²) >= 11 is 0. The minimum Gasteiger partial charge on any atom is -0.474 e. The van der Waals surface area contributed by atoms with E-state index in [9.17, 15) is 27.2 Å². The Kier molecular flexibility index (Phi) is 8.05. The monoisotopic (exact) mass is 547 g/mol. The Morgan fingerprint density at radius 2 is 1.97 bits per heavy atom. The maximum atomic E-state index is 14.4. The number of piperazine rings is 1. The van der Waals surface area contributed by atoms with Crippen molar-refractivity contribution in [2.24, 2.45) is 0 Å². The van der Waals surface area contributed by atoms with Crippen LogP contribution in [0.1, 0.15) is 30.9 Å². The predicted molar refractivity (Wildman–Crippen MR) is 136 cm³/mol. The summed E-state index contributed by atoms with van der Waals surface area (Å²) in [5.74, 6) is -0.541. The first-order valence-corrected chi connectivity index (χ1v) is 12.4. The van der Waals surface area contributed by atoms with Crippen LogP contribution in [-0.2, 0) is 15.0 Å². The number of fused-ring (bicyclic) bond motifs is 1. The Morgan fingerprint density at radius 3 is 2.62 bits per heavy atom. The number of aromatic nitrogens is 3. The average Bonchev–Trinajstić information content (AvgIpc) is 3.34. The molecule has 2 N–H and O–H groups in total. The number of amides is 1. The second-order valence-electron chi connectivity index (χ2n) is 9.67. The van der Waals surface area contributed by atoms with Crippen LogP contribution in [0.5, 0.6) is 5.88 Å². The van der Waals surface area contributed by atoms with Crippen molar-refractivity contribution in [3.8, 4) is 5.88 Å². The number of hydrogen-bond donors (Lipinski definition) is 2. The molecule has 3 aromatic rings. The van der Waals surface area contributed by atoms with Crippen LogP contribution in [0, 0.1) is 12.7 Å². The third kappa shape index (κ3) is 5.80. The summed E-state index contributed by atoms with van der Waals surface area (Å²) in [6.45, 7) is 6.74. The lowest BCUT2D eigenvalue weighted by atomic mass is 9.59. The van der Waals surface area contributed by atoms with Crippen LogP contribution in [-0.4, -0.2) is 69.7 Å². The molecule has 0 radical (unpaired) electrons. The van der Waals surface area contributed by atoms with Gasteiger partial charge in [0, 0.05) is 44.1 Å². The highest BCUT2D eigenvalue weighted by atomic mass is 19.4. The van der Waals surface area contributed by atoms with Gasteiger partial charge in [-0.15, -0.1) is 0 Å². The Balaban J connectivity index is 0.000000215. The number of rotatable bonds is 5. The molecule has 1 saturated carbocycles. The maximum absolute atomic E-state index is 14.4. The largest absolute Gasteiger partial charge is 0.474 e. The maximum Gasteiger partial charge on any atom is 0.410 e. The van der Waals surface area contributed by atoms with Crippen LogP contribution in [0.2, 0.25) is 0 Å². The summed E-state index contributed by atoms with van der Waals surface area (Å²) < 4.78 is 57.6. The van der Waals surface area contributed by atoms with E-state index in [-0.39, 0.29) is 30.8 Å². The van der Waals surface area contributed by atoms with Gasteiger partial charge < -0.3 is 15.0 Å². The molecular formula is C27H29F4N5O3. The molecule has 12 heteroatoms. The number of H-pyrrole nitrogens is 1. The lowest BCUT2D eigenvalue weighted by Gasteiger charge is -2.46. The number of nitrogens with one attached hydrogen (secondary N) is 2. The van der Waals surface area contributed by atoms with Gasteiger partial charge in [-0.3, -0.25) is 14.7 Å². The smallest absolute Gasteiger partial charge is 0.410 e. The number of carbonyl (C=O) groups excluding carboxylic acids is 2. The molecule has 8 nitrogen and oxygen atoms in total. The van der Waals surface area contributed by atoms with Gasteiger partial charge in [-0.05, 0) is 37.6 Å². The number of aryl methyl sites for hydroxylation is 1. The highest BCUT2D eigenvalue weighted by molar-refractivity contribution is 5.90. The van der Waals surface area contributed by atoms with E-state index >= 15 is 0 Å². The molecule has 1 aliphatic heterocycles. The first-order valence-electron chi connectivity index (χ1n) is 12.4. The molecule has 1 saturated heterocycles. The topological polar surface area (TPSA) is 100 Å². The van der Waals surface area contributed by atoms with E-state index in [1.807, 2.05) is 19.1 Å². The lowest BCUT2D eigenvalue weighted by molar-refractivity contribution is -0.190. The van der Waals surface area contributed by atoms with Crippen LogP contribution in [0.4, 0.5) is 17.6 Å². The van der Waals surface area contributed by atoms with Crippen LogP contribution < -0.4 is 10.1 Å². The van der Waals surface area contributed by atoms with E-state index in [0.717, 1.165) is 27.6 Å². The second kappa shape index (κ2) is 11.1. The summed E-state index contributed by atoms with van der Waals surface area (Å²) in [7, 11) is 0. The molecule has 0 spiro atoms. The van der Waals surface area contributed by atoms with Gasteiger partial charge in [-0.1, -0.05) is 18.7 Å². The number of ketones is 1. The number of pyridine rings is 1. The zero-order chi connectivity index (χ0) is 28.4. The van der Waals surface area contributed by atoms with Crippen molar-refractivity contribution >= 4 is 22.7 Å². The van der Waals surface area contributed by atoms with Gasteiger partial charge in [0.25, 0.3) is 0 Å². The summed E-state index contributed by atoms with van der Waals surface area (Å²) in [4.78, 5) is 28.6. The highest BCUT2D eigenvalue weighted by Gasteiger charge is 2.52. The number of Topliss-reactive ketones (excluding diaryl/α,β-unsaturated/α-hetero) is 1. The quantitative estimate of drug-likeness (QED) is 0.370. The molecule has 1 atom stereocenters. The number of carbonyl (C=O) groups is 2. The van der Waals surface area contributed by atoms with E-state index in [2.05, 4.69) is 27.1 Å². The van der Waals surface area contributed by atoms with Crippen molar-refractivity contribution in [1.29, 1.82) is 0 Å². The fourth-order valence-electron chi connectivity index (χ4n) is 5.13. The van der Waals surface area contributed by atoms with Crippen LogP contribution in [0.25, 0.3) is 11.0 Å². The van der Waals surface area contributed by atoms with Crippen LogP contribution in [0.3, 0.4) is 0 Å². The first-order chi connectivity index (χ1) is 18.5. The van der Waals surface area contributed by atoms with Crippen molar-refractivity contribution in [2.45, 2.75) is 50.4 Å². The van der Waals surface area contributed by atoms with Crippen LogP contribution >= 0.6 is 0 Å². The first kappa shape index (κ1) is 28.2. The van der Waals surface area contributed by atoms with Crippen LogP contribution in [0.15, 0.2) is 49.2 Å². The molecule has 3 heterocycles. The number of halogens is 4. The van der Waals surface area contributed by atoms with E-state index in [4.69, 9.17) is 4.74 Å². The van der Waals surface area contributed by atoms with E-state index < -0.39 is 23.5 Å². The fraction of sp³-hybridized carbons (Fsp3) is 0.407. The van der Waals surface area contributed by atoms with E-state index in [0.29, 0.717) is 30.8 Å². The summed E-state index contributed by atoms with van der Waals surface area (Å²) in [6.07, 6.45) is -1.11. The summed E-state index contributed by atoms with van der Waals surface area (Å²) in [6, 6.07) is 6.80. The molecule has 2 aliphatic rings. The van der Waals surface area contributed by atoms with E-state index in [1.165, 1.54) is 13.0 Å². The molecule has 39 heavy (non-hydrogen) atoms. The molecule has 0 bridgehead atoms. The van der Waals surface area contributed by atoms with Gasteiger partial charge in [0.1, 0.15) is 29.3 Å². The predicted octanol–water partition coefficient (Wildman–Crippen LogP) is 4.01. The number of ether oxygens (including phenoxy) is 1. The van der Waals surface area contributed by atoms with Crippen molar-refractivity contribution in [2.75, 3.05) is 19.6 Å². The molecule has 2 fully saturated rings. The minimum absolute atomic E-state index is 0.0289. The van der Waals surface area contributed by atoms with Crippen molar-refractivity contribution in [1.82, 2.24) is 25.4 Å². The zero-order valence-electron chi connectivity index (χ0n) is 21.5. The second-order valence-corrected chi connectivity index (χ2v) is 9.67. The molecule has 208 valence electrons. The number of alkyl halides is 3. The van der Waals surface area contributed by atoms with Crippen molar-refractivity contribution in [3.05, 3.63) is 66.1 Å². The standard InChI is InChI=1S/C19H18FN3O2.C8H11F3N2O/c1-11-4-3-5-14(20)18(11)19(12(2)24)8-13(9-19)25-17-7-6-15-16(22-17)10-21-23-15;1-2-7(14)13-4-3-12-5-6(13)8(9,10)11/h3-7,10,13H,8-9H2,1-2H3,(H,21,23);2,6,12H,1,3-5H2. The number of benzene rings is 1. The van der Waals surface area contributed by atoms with Gasteiger partial charge in [-0.25, -0.2) is 9.37 Å². The lowest BCUT2D eigenvalue weighted by Crippen LogP contribution is -2.59. The minimum atomic E-state index is -4.38. The molecule has 1 unspecified atom stereocenters. The van der Waals surface area contributed by atoms with Gasteiger partial charge >= 0.3 is 6.18 Å². The SMILES string of the molecule is C=CC(=O)N1CCNCC1C(F)(F)F.CC(=O)C1(c2c(C)cccc2F)CC(Oc2ccc3[nH]ncc3n2)C1. The molecule has 2 aromatic heterocycles. The normalized spacial score (nSPS) is 22.9. The zero-order valence-corrected chi connectivity index (χ0v) is 21.5. The Morgan fingerprint density at radius 1 is 1.23 bits per heavy atom. The molecule has 5 rings (SSSR count). The van der Waals surface area contributed by atoms with E-state index in [1.54, 1.807) is 18.3 Å². The van der Waals surface area contributed by atoms with Crippen molar-refractivity contribution < 1.29 is 31.9 Å². The van der Waals surface area contributed by atoms with Crippen molar-refractivity contribution in [3.63, 3.8) is 0 Å². The molecule has 1 amide bonds. The highest BCUT2D eigenvalue weighted by Crippen LogP contribution is 2.48. The number of nitrogens with zero attached hydrogens (tertiary/aromatic N) is 3. The molecular weight excluding hydrogens is 518 g/mol. The Bertz CT molecular complexity index is 1350. The number of aromatic amines is 1. The van der Waals surface area contributed by atoms with Gasteiger partial charge in [0.15, 0.2) is 0 Å². The molecule has 1 aliphatic carbocycles. The Hall–Kier alpha value is -3.80. The third-order valence-corrected chi connectivity index (χ3v) is 7.16. The Labute approximate surface area is 222 Å². The third-order valence-electron chi connectivity index (χ3n) is 7.16. The molecule has 1 aromatic carbocycles. The summed E-state index contributed by atoms with van der Waals surface area (Å²) in [5, 5.41) is 9.37. The number of hydrogen-bond acceptors (Lipinski definition) is 6. The van der Waals surface area contributed by atoms with Gasteiger partial charge in [0.05, 0.1) is 17.1 Å². The summed E-state index contributed by atoms with van der Waals surface area (Å²) in [5.41, 5.74) is 2.05. The fourth-order valence-corrected chi connectivity index (χ4v) is 5.13. The average molecular weight is 548 g/mol.